The molecule has 0 bridgehead atoms. The molecule has 0 spiro atoms. The predicted octanol–water partition coefficient (Wildman–Crippen LogP) is 6.29. The van der Waals surface area contributed by atoms with Gasteiger partial charge in [0.05, 0.1) is 24.3 Å². The number of rotatable bonds is 14. The normalized spacial score (nSPS) is 10.7. The molecular weight excluding hydrogens is 352 g/mol. The van der Waals surface area contributed by atoms with Gasteiger partial charge in [-0.1, -0.05) is 58.4 Å². The number of unbranched alkanes of at least 4 members (excludes halogenated alkanes) is 6. The Morgan fingerprint density at radius 2 is 1.29 bits per heavy atom. The molecular formula is C24H38O4. The monoisotopic (exact) mass is 390 g/mol. The molecule has 0 aliphatic carbocycles. The third kappa shape index (κ3) is 7.65. The quantitative estimate of drug-likeness (QED) is 0.277. The van der Waals surface area contributed by atoms with Gasteiger partial charge in [0.25, 0.3) is 0 Å². The van der Waals surface area contributed by atoms with E-state index < -0.39 is 0 Å². The van der Waals surface area contributed by atoms with Crippen LogP contribution in [0.2, 0.25) is 0 Å². The number of hydrogen-bond acceptors (Lipinski definition) is 4. The summed E-state index contributed by atoms with van der Waals surface area (Å²) in [5.74, 6) is -0.666. The van der Waals surface area contributed by atoms with Crippen LogP contribution in [-0.2, 0) is 22.3 Å². The van der Waals surface area contributed by atoms with E-state index in [-0.39, 0.29) is 11.9 Å². The average molecular weight is 391 g/mol. The summed E-state index contributed by atoms with van der Waals surface area (Å²) in [6, 6.07) is 3.75. The molecule has 0 N–H and O–H groups in total. The molecule has 0 radical (unpaired) electrons. The molecule has 0 heterocycles. The largest absolute Gasteiger partial charge is 0.462 e. The third-order valence-electron chi connectivity index (χ3n) is 4.95. The van der Waals surface area contributed by atoms with E-state index in [1.807, 2.05) is 19.1 Å². The number of carbonyl (C=O) groups is 2. The fourth-order valence-electron chi connectivity index (χ4n) is 3.49. The molecule has 4 heteroatoms. The van der Waals surface area contributed by atoms with Gasteiger partial charge in [0.15, 0.2) is 0 Å². The van der Waals surface area contributed by atoms with Crippen molar-refractivity contribution in [2.24, 2.45) is 0 Å². The lowest BCUT2D eigenvalue weighted by Crippen LogP contribution is -2.17. The van der Waals surface area contributed by atoms with E-state index in [0.29, 0.717) is 30.8 Å². The van der Waals surface area contributed by atoms with Gasteiger partial charge in [0.2, 0.25) is 0 Å². The maximum Gasteiger partial charge on any atom is 0.338 e. The van der Waals surface area contributed by atoms with Crippen LogP contribution in [0.25, 0.3) is 0 Å². The molecule has 0 aliphatic heterocycles. The molecule has 0 aromatic heterocycles. The maximum atomic E-state index is 12.8. The van der Waals surface area contributed by atoms with Gasteiger partial charge in [-0.15, -0.1) is 0 Å². The highest BCUT2D eigenvalue weighted by Crippen LogP contribution is 2.26. The van der Waals surface area contributed by atoms with Gasteiger partial charge in [-0.2, -0.15) is 0 Å². The van der Waals surface area contributed by atoms with E-state index in [4.69, 9.17) is 9.47 Å². The lowest BCUT2D eigenvalue weighted by atomic mass is 9.89. The number of hydrogen-bond donors (Lipinski definition) is 0. The van der Waals surface area contributed by atoms with Crippen molar-refractivity contribution in [2.45, 2.75) is 91.9 Å². The number of esters is 2. The molecule has 0 fully saturated rings. The van der Waals surface area contributed by atoms with Crippen LogP contribution in [-0.4, -0.2) is 25.2 Å². The molecule has 1 rings (SSSR count). The van der Waals surface area contributed by atoms with Crippen LogP contribution in [0.4, 0.5) is 0 Å². The Bertz CT molecular complexity index is 607. The second kappa shape index (κ2) is 14.2. The lowest BCUT2D eigenvalue weighted by molar-refractivity contribution is 0.0521. The molecule has 158 valence electrons. The Labute approximate surface area is 171 Å². The molecule has 1 aromatic rings. The fraction of sp³-hybridized carbons (Fsp3) is 0.667. The van der Waals surface area contributed by atoms with Gasteiger partial charge in [0.1, 0.15) is 0 Å². The van der Waals surface area contributed by atoms with Crippen molar-refractivity contribution in [3.63, 3.8) is 0 Å². The molecule has 0 amide bonds. The van der Waals surface area contributed by atoms with Gasteiger partial charge in [-0.3, -0.25) is 0 Å². The summed E-state index contributed by atoms with van der Waals surface area (Å²) in [5.41, 5.74) is 2.91. The van der Waals surface area contributed by atoms with Gasteiger partial charge < -0.3 is 9.47 Å². The zero-order valence-electron chi connectivity index (χ0n) is 18.3. The fourth-order valence-corrected chi connectivity index (χ4v) is 3.49. The zero-order chi connectivity index (χ0) is 20.8. The second-order valence-electron chi connectivity index (χ2n) is 7.19. The van der Waals surface area contributed by atoms with Crippen LogP contribution in [0.5, 0.6) is 0 Å². The smallest absolute Gasteiger partial charge is 0.338 e. The van der Waals surface area contributed by atoms with E-state index in [1.165, 1.54) is 12.8 Å². The highest BCUT2D eigenvalue weighted by molar-refractivity contribution is 5.99. The Hall–Kier alpha value is -1.84. The minimum Gasteiger partial charge on any atom is -0.462 e. The van der Waals surface area contributed by atoms with Crippen molar-refractivity contribution < 1.29 is 19.1 Å². The first-order chi connectivity index (χ1) is 13.6. The Kier molecular flexibility index (Phi) is 12.3. The van der Waals surface area contributed by atoms with Crippen LogP contribution < -0.4 is 0 Å². The third-order valence-corrected chi connectivity index (χ3v) is 4.95. The number of ether oxygens (including phenoxy) is 2. The first kappa shape index (κ1) is 24.2. The Morgan fingerprint density at radius 3 is 1.86 bits per heavy atom. The maximum absolute atomic E-state index is 12.8. The molecule has 0 atom stereocenters. The van der Waals surface area contributed by atoms with Crippen molar-refractivity contribution in [1.29, 1.82) is 0 Å². The summed E-state index contributed by atoms with van der Waals surface area (Å²) in [7, 11) is 0. The molecule has 28 heavy (non-hydrogen) atoms. The van der Waals surface area contributed by atoms with Crippen LogP contribution in [0.15, 0.2) is 12.1 Å². The second-order valence-corrected chi connectivity index (χ2v) is 7.19. The van der Waals surface area contributed by atoms with Crippen LogP contribution >= 0.6 is 0 Å². The molecule has 0 saturated heterocycles. The predicted molar refractivity (Wildman–Crippen MR) is 114 cm³/mol. The summed E-state index contributed by atoms with van der Waals surface area (Å²) < 4.78 is 10.6. The summed E-state index contributed by atoms with van der Waals surface area (Å²) in [4.78, 5) is 25.3. The van der Waals surface area contributed by atoms with E-state index in [1.54, 1.807) is 6.92 Å². The first-order valence-corrected chi connectivity index (χ1v) is 11.1. The molecule has 0 unspecified atom stereocenters. The minimum atomic E-state index is -0.351. The Balaban J connectivity index is 3.27. The van der Waals surface area contributed by atoms with Crippen LogP contribution in [0, 0.1) is 0 Å². The highest BCUT2D eigenvalue weighted by atomic mass is 16.5. The first-order valence-electron chi connectivity index (χ1n) is 11.1. The van der Waals surface area contributed by atoms with Crippen molar-refractivity contribution in [2.75, 3.05) is 13.2 Å². The van der Waals surface area contributed by atoms with Crippen LogP contribution in [0.3, 0.4) is 0 Å². The van der Waals surface area contributed by atoms with Crippen LogP contribution in [0.1, 0.15) is 111 Å². The summed E-state index contributed by atoms with van der Waals surface area (Å²) in [6.07, 6.45) is 10.4. The van der Waals surface area contributed by atoms with E-state index >= 15 is 0 Å². The summed E-state index contributed by atoms with van der Waals surface area (Å²) in [6.45, 7) is 8.62. The molecule has 4 nitrogen and oxygen atoms in total. The number of carbonyl (C=O) groups excluding carboxylic acids is 2. The van der Waals surface area contributed by atoms with Gasteiger partial charge in [-0.05, 0) is 56.7 Å². The van der Waals surface area contributed by atoms with Crippen molar-refractivity contribution >= 4 is 11.9 Å². The molecule has 0 aliphatic rings. The topological polar surface area (TPSA) is 52.6 Å². The molecule has 0 saturated carbocycles. The van der Waals surface area contributed by atoms with E-state index in [0.717, 1.165) is 56.1 Å². The summed E-state index contributed by atoms with van der Waals surface area (Å²) in [5, 5.41) is 0. The van der Waals surface area contributed by atoms with E-state index in [9.17, 15) is 9.59 Å². The van der Waals surface area contributed by atoms with Crippen molar-refractivity contribution in [3.8, 4) is 0 Å². The lowest BCUT2D eigenvalue weighted by Gasteiger charge is -2.17. The summed E-state index contributed by atoms with van der Waals surface area (Å²) >= 11 is 0. The van der Waals surface area contributed by atoms with Crippen molar-refractivity contribution in [1.82, 2.24) is 0 Å². The zero-order valence-corrected chi connectivity index (χ0v) is 18.3. The van der Waals surface area contributed by atoms with Gasteiger partial charge >= 0.3 is 11.9 Å². The number of benzene rings is 1. The SMILES string of the molecule is CCCCCCc1ccc(C(=O)OCC)c(CCCCCC)c1C(=O)OCC. The van der Waals surface area contributed by atoms with Gasteiger partial charge in [0, 0.05) is 0 Å². The highest BCUT2D eigenvalue weighted by Gasteiger charge is 2.24. The Morgan fingerprint density at radius 1 is 0.714 bits per heavy atom. The number of aryl methyl sites for hydroxylation is 1. The minimum absolute atomic E-state index is 0.315. The average Bonchev–Trinajstić information content (AvgIpc) is 2.68. The van der Waals surface area contributed by atoms with Gasteiger partial charge in [-0.25, -0.2) is 9.59 Å². The standard InChI is InChI=1S/C24H38O4/c1-5-9-11-13-15-19-17-18-21(23(25)27-7-3)20(16-14-12-10-6-2)22(19)24(26)28-8-4/h17-18H,5-16H2,1-4H3. The molecule has 1 aromatic carbocycles. The van der Waals surface area contributed by atoms with E-state index in [2.05, 4.69) is 13.8 Å². The van der Waals surface area contributed by atoms with Crippen molar-refractivity contribution in [3.05, 3.63) is 34.4 Å².